The summed E-state index contributed by atoms with van der Waals surface area (Å²) < 4.78 is 32.4. The minimum absolute atomic E-state index is 0. The summed E-state index contributed by atoms with van der Waals surface area (Å²) in [6.45, 7) is 1.29. The van der Waals surface area contributed by atoms with Gasteiger partial charge in [-0.25, -0.2) is 13.2 Å². The third kappa shape index (κ3) is 5.97. The highest BCUT2D eigenvalue weighted by Gasteiger charge is 2.31. The Bertz CT molecular complexity index is 1060. The van der Waals surface area contributed by atoms with Gasteiger partial charge in [0.25, 0.3) is 0 Å². The van der Waals surface area contributed by atoms with E-state index in [9.17, 15) is 18.0 Å². The van der Waals surface area contributed by atoms with E-state index in [1.54, 1.807) is 30.3 Å². The summed E-state index contributed by atoms with van der Waals surface area (Å²) in [5.41, 5.74) is 0.223. The number of ketones is 1. The van der Waals surface area contributed by atoms with Crippen molar-refractivity contribution in [3.8, 4) is 0 Å². The summed E-state index contributed by atoms with van der Waals surface area (Å²) in [6, 6.07) is 10.7. The molecule has 0 unspecified atom stereocenters. The van der Waals surface area contributed by atoms with Crippen LogP contribution < -0.4 is 0 Å². The molecule has 0 saturated carbocycles. The lowest BCUT2D eigenvalue weighted by molar-refractivity contribution is 0.0474. The first-order valence-electron chi connectivity index (χ1n) is 9.13. The molecule has 0 amide bonds. The SMILES string of the molecule is CN1CCN(S(=O)(=O)c2cc(C(=O)OCC(=O)c3ccccc3)c(Cl)cc2Cl)CC1.Cl. The lowest BCUT2D eigenvalue weighted by Gasteiger charge is -2.31. The molecule has 0 N–H and O–H groups in total. The second-order valence-electron chi connectivity index (χ2n) is 6.84. The topological polar surface area (TPSA) is 84.0 Å². The molecule has 0 aliphatic carbocycles. The summed E-state index contributed by atoms with van der Waals surface area (Å²) in [5.74, 6) is -1.30. The normalized spacial score (nSPS) is 15.2. The zero-order valence-electron chi connectivity index (χ0n) is 16.6. The van der Waals surface area contributed by atoms with Crippen LogP contribution in [0.4, 0.5) is 0 Å². The van der Waals surface area contributed by atoms with Crippen molar-refractivity contribution in [3.63, 3.8) is 0 Å². The van der Waals surface area contributed by atoms with Crippen LogP contribution in [0.2, 0.25) is 10.0 Å². The maximum atomic E-state index is 13.0. The number of ether oxygens (including phenoxy) is 1. The van der Waals surface area contributed by atoms with Crippen molar-refractivity contribution in [2.75, 3.05) is 39.8 Å². The molecular weight excluding hydrogens is 487 g/mol. The molecule has 1 saturated heterocycles. The fourth-order valence-corrected chi connectivity index (χ4v) is 5.21. The van der Waals surface area contributed by atoms with Crippen LogP contribution in [0.3, 0.4) is 0 Å². The molecule has 0 atom stereocenters. The van der Waals surface area contributed by atoms with Crippen molar-refractivity contribution >= 4 is 57.4 Å². The fraction of sp³-hybridized carbons (Fsp3) is 0.300. The number of carbonyl (C=O) groups is 2. The Morgan fingerprint density at radius 1 is 1.00 bits per heavy atom. The van der Waals surface area contributed by atoms with Gasteiger partial charge in [0.15, 0.2) is 12.4 Å². The molecule has 3 rings (SSSR count). The molecule has 11 heteroatoms. The Kier molecular flexibility index (Phi) is 8.88. The van der Waals surface area contributed by atoms with Crippen LogP contribution in [0.1, 0.15) is 20.7 Å². The fourth-order valence-electron chi connectivity index (χ4n) is 2.97. The molecule has 2 aromatic carbocycles. The van der Waals surface area contributed by atoms with Crippen LogP contribution >= 0.6 is 35.6 Å². The van der Waals surface area contributed by atoms with Gasteiger partial charge in [0.2, 0.25) is 10.0 Å². The number of Topliss-reactive ketones (excluding diaryl/α,β-unsaturated/α-hetero) is 1. The van der Waals surface area contributed by atoms with Gasteiger partial charge in [-0.3, -0.25) is 4.79 Å². The van der Waals surface area contributed by atoms with Crippen molar-refractivity contribution in [1.29, 1.82) is 0 Å². The summed E-state index contributed by atoms with van der Waals surface area (Å²) in [5, 5.41) is -0.148. The van der Waals surface area contributed by atoms with E-state index in [4.69, 9.17) is 27.9 Å². The van der Waals surface area contributed by atoms with E-state index < -0.39 is 22.6 Å². The minimum atomic E-state index is -3.92. The number of esters is 1. The van der Waals surface area contributed by atoms with Gasteiger partial charge in [0.1, 0.15) is 4.90 Å². The van der Waals surface area contributed by atoms with Gasteiger partial charge in [-0.05, 0) is 19.2 Å². The first-order valence-corrected chi connectivity index (χ1v) is 11.3. The number of likely N-dealkylation sites (N-methyl/N-ethyl adjacent to an activating group) is 1. The van der Waals surface area contributed by atoms with E-state index in [0.29, 0.717) is 31.7 Å². The van der Waals surface area contributed by atoms with E-state index in [0.717, 1.165) is 6.07 Å². The molecule has 0 aromatic heterocycles. The Morgan fingerprint density at radius 3 is 2.23 bits per heavy atom. The number of rotatable bonds is 6. The average Bonchev–Trinajstić information content (AvgIpc) is 2.72. The molecule has 2 aromatic rings. The molecule has 1 aliphatic rings. The summed E-state index contributed by atoms with van der Waals surface area (Å²) in [6.07, 6.45) is 0. The first-order chi connectivity index (χ1) is 14.2. The van der Waals surface area contributed by atoms with E-state index in [-0.39, 0.29) is 38.7 Å². The van der Waals surface area contributed by atoms with E-state index in [1.165, 1.54) is 10.4 Å². The van der Waals surface area contributed by atoms with E-state index in [2.05, 4.69) is 0 Å². The molecule has 31 heavy (non-hydrogen) atoms. The monoisotopic (exact) mass is 506 g/mol. The first kappa shape index (κ1) is 25.6. The quantitative estimate of drug-likeness (QED) is 0.440. The molecule has 0 radical (unpaired) electrons. The molecule has 1 aliphatic heterocycles. The van der Waals surface area contributed by atoms with Crippen molar-refractivity contribution in [2.24, 2.45) is 0 Å². The smallest absolute Gasteiger partial charge is 0.340 e. The molecule has 0 spiro atoms. The van der Waals surface area contributed by atoms with Crippen LogP contribution in [0, 0.1) is 0 Å². The lowest BCUT2D eigenvalue weighted by atomic mass is 10.1. The van der Waals surface area contributed by atoms with Gasteiger partial charge in [-0.15, -0.1) is 12.4 Å². The number of halogens is 3. The van der Waals surface area contributed by atoms with Gasteiger partial charge in [0.05, 0.1) is 15.6 Å². The highest BCUT2D eigenvalue weighted by Crippen LogP contribution is 2.31. The molecule has 0 bridgehead atoms. The number of hydrogen-bond donors (Lipinski definition) is 0. The second-order valence-corrected chi connectivity index (χ2v) is 9.56. The third-order valence-electron chi connectivity index (χ3n) is 4.75. The summed E-state index contributed by atoms with van der Waals surface area (Å²) >= 11 is 12.2. The maximum Gasteiger partial charge on any atom is 0.340 e. The minimum Gasteiger partial charge on any atom is -0.454 e. The molecule has 1 fully saturated rings. The van der Waals surface area contributed by atoms with Crippen LogP contribution in [-0.2, 0) is 14.8 Å². The number of nitrogens with zero attached hydrogens (tertiary/aromatic N) is 2. The zero-order chi connectivity index (χ0) is 21.9. The Hall–Kier alpha value is -1.68. The van der Waals surface area contributed by atoms with Gasteiger partial charge < -0.3 is 9.64 Å². The summed E-state index contributed by atoms with van der Waals surface area (Å²) in [4.78, 5) is 26.4. The van der Waals surface area contributed by atoms with E-state index >= 15 is 0 Å². The molecule has 168 valence electrons. The van der Waals surface area contributed by atoms with Crippen LogP contribution in [0.15, 0.2) is 47.4 Å². The van der Waals surface area contributed by atoms with Crippen LogP contribution in [-0.4, -0.2) is 69.2 Å². The lowest BCUT2D eigenvalue weighted by Crippen LogP contribution is -2.47. The number of piperazine rings is 1. The second kappa shape index (κ2) is 10.8. The predicted octanol–water partition coefficient (Wildman–Crippen LogP) is 3.39. The number of sulfonamides is 1. The number of hydrogen-bond acceptors (Lipinski definition) is 6. The van der Waals surface area contributed by atoms with Gasteiger partial charge in [-0.2, -0.15) is 4.31 Å². The average molecular weight is 508 g/mol. The molecule has 1 heterocycles. The van der Waals surface area contributed by atoms with Crippen molar-refractivity contribution in [2.45, 2.75) is 4.90 Å². The molecule has 7 nitrogen and oxygen atoms in total. The predicted molar refractivity (Wildman–Crippen MR) is 121 cm³/mol. The molecular formula is C20H21Cl3N2O5S. The number of carbonyl (C=O) groups excluding carboxylic acids is 2. The Morgan fingerprint density at radius 2 is 1.61 bits per heavy atom. The van der Waals surface area contributed by atoms with Crippen LogP contribution in [0.5, 0.6) is 0 Å². The maximum absolute atomic E-state index is 13.0. The van der Waals surface area contributed by atoms with Gasteiger partial charge in [0, 0.05) is 31.7 Å². The Balaban J connectivity index is 0.00000341. The van der Waals surface area contributed by atoms with Gasteiger partial charge >= 0.3 is 5.97 Å². The summed E-state index contributed by atoms with van der Waals surface area (Å²) in [7, 11) is -2.01. The van der Waals surface area contributed by atoms with E-state index in [1.807, 2.05) is 11.9 Å². The largest absolute Gasteiger partial charge is 0.454 e. The van der Waals surface area contributed by atoms with Crippen molar-refractivity contribution in [3.05, 3.63) is 63.6 Å². The van der Waals surface area contributed by atoms with Gasteiger partial charge in [-0.1, -0.05) is 53.5 Å². The standard InChI is InChI=1S/C20H20Cl2N2O5S.ClH/c1-23-7-9-24(10-8-23)30(27,28)19-11-15(16(21)12-17(19)22)20(26)29-13-18(25)14-5-3-2-4-6-14;/h2-6,11-12H,7-10,13H2,1H3;1H. The zero-order valence-corrected chi connectivity index (χ0v) is 19.7. The number of benzene rings is 2. The van der Waals surface area contributed by atoms with Crippen molar-refractivity contribution in [1.82, 2.24) is 9.21 Å². The highest BCUT2D eigenvalue weighted by molar-refractivity contribution is 7.89. The van der Waals surface area contributed by atoms with Crippen molar-refractivity contribution < 1.29 is 22.7 Å². The Labute approximate surface area is 197 Å². The van der Waals surface area contributed by atoms with Crippen LogP contribution in [0.25, 0.3) is 0 Å². The third-order valence-corrected chi connectivity index (χ3v) is 7.43. The highest BCUT2D eigenvalue weighted by atomic mass is 35.5.